The normalized spacial score (nSPS) is 13.0. The predicted molar refractivity (Wildman–Crippen MR) is 53.8 cm³/mol. The standard InChI is InChI=1S/C10H21NO.Sm/c1-6-10(12,7-2)9(5)11-8(3)4;/h8,12H,6-7H2,1-5H3;. The van der Waals surface area contributed by atoms with Crippen molar-refractivity contribution in [1.29, 1.82) is 0 Å². The van der Waals surface area contributed by atoms with Crippen LogP contribution >= 0.6 is 0 Å². The summed E-state index contributed by atoms with van der Waals surface area (Å²) < 4.78 is 0. The molecule has 0 radical (unpaired) electrons. The molecule has 0 aliphatic carbocycles. The average molecular weight is 322 g/mol. The van der Waals surface area contributed by atoms with Gasteiger partial charge in [-0.05, 0) is 33.6 Å². The fraction of sp³-hybridized carbons (Fsp3) is 0.900. The van der Waals surface area contributed by atoms with E-state index < -0.39 is 5.60 Å². The van der Waals surface area contributed by atoms with E-state index in [1.165, 1.54) is 0 Å². The summed E-state index contributed by atoms with van der Waals surface area (Å²) in [6.45, 7) is 9.93. The van der Waals surface area contributed by atoms with Crippen molar-refractivity contribution in [3.8, 4) is 0 Å². The summed E-state index contributed by atoms with van der Waals surface area (Å²) in [5.41, 5.74) is 0.187. The fourth-order valence-corrected chi connectivity index (χ4v) is 1.27. The number of aliphatic imine (C=N–C) groups is 1. The zero-order valence-electron chi connectivity index (χ0n) is 9.29. The summed E-state index contributed by atoms with van der Waals surface area (Å²) in [6.07, 6.45) is 1.48. The molecule has 0 aliphatic heterocycles. The molecule has 1 N–H and O–H groups in total. The van der Waals surface area contributed by atoms with E-state index in [2.05, 4.69) is 4.99 Å². The van der Waals surface area contributed by atoms with Gasteiger partial charge in [0.25, 0.3) is 0 Å². The van der Waals surface area contributed by atoms with Gasteiger partial charge in [0.1, 0.15) is 5.60 Å². The van der Waals surface area contributed by atoms with Gasteiger partial charge >= 0.3 is 0 Å². The maximum absolute atomic E-state index is 10.0. The monoisotopic (exact) mass is 323 g/mol. The molecule has 0 saturated heterocycles. The van der Waals surface area contributed by atoms with Crippen molar-refractivity contribution < 1.29 is 45.5 Å². The molecule has 0 amide bonds. The van der Waals surface area contributed by atoms with E-state index in [9.17, 15) is 5.11 Å². The summed E-state index contributed by atoms with van der Waals surface area (Å²) in [6, 6.07) is 0.273. The maximum Gasteiger partial charge on any atom is 0.101 e. The van der Waals surface area contributed by atoms with Crippen LogP contribution in [0.4, 0.5) is 0 Å². The van der Waals surface area contributed by atoms with Gasteiger partial charge in [-0.1, -0.05) is 13.8 Å². The molecule has 0 aromatic carbocycles. The Balaban J connectivity index is 0. The Labute approximate surface area is 114 Å². The summed E-state index contributed by atoms with van der Waals surface area (Å²) in [4.78, 5) is 4.36. The van der Waals surface area contributed by atoms with Crippen LogP contribution in [0.15, 0.2) is 4.99 Å². The first kappa shape index (κ1) is 16.4. The molecular formula is C10H21NOSm. The molecule has 0 aliphatic rings. The van der Waals surface area contributed by atoms with Crippen LogP contribution in [0.5, 0.6) is 0 Å². The SMILES string of the molecule is CCC(O)(CC)C(C)=NC(C)C.[Sm]. The van der Waals surface area contributed by atoms with Crippen LogP contribution in [0.3, 0.4) is 0 Å². The fourth-order valence-electron chi connectivity index (χ4n) is 1.27. The summed E-state index contributed by atoms with van der Waals surface area (Å²) in [5, 5.41) is 10.0. The van der Waals surface area contributed by atoms with Crippen molar-refractivity contribution in [1.82, 2.24) is 0 Å². The zero-order chi connectivity index (χ0) is 9.78. The molecule has 0 rings (SSSR count). The van der Waals surface area contributed by atoms with E-state index in [0.29, 0.717) is 0 Å². The molecule has 0 fully saturated rings. The van der Waals surface area contributed by atoms with Gasteiger partial charge in [0.15, 0.2) is 0 Å². The summed E-state index contributed by atoms with van der Waals surface area (Å²) in [7, 11) is 0. The first-order chi connectivity index (χ1) is 5.46. The van der Waals surface area contributed by atoms with Crippen LogP contribution in [0.1, 0.15) is 47.5 Å². The van der Waals surface area contributed by atoms with E-state index in [-0.39, 0.29) is 46.4 Å². The first-order valence-corrected chi connectivity index (χ1v) is 4.73. The van der Waals surface area contributed by atoms with Gasteiger partial charge in [-0.15, -0.1) is 0 Å². The molecule has 0 heterocycles. The number of aliphatic hydroxyl groups is 1. The minimum Gasteiger partial charge on any atom is -0.384 e. The molecule has 0 unspecified atom stereocenters. The van der Waals surface area contributed by atoms with Crippen LogP contribution < -0.4 is 0 Å². The van der Waals surface area contributed by atoms with Gasteiger partial charge in [-0.2, -0.15) is 0 Å². The summed E-state index contributed by atoms with van der Waals surface area (Å²) in [5.74, 6) is 0. The van der Waals surface area contributed by atoms with Gasteiger partial charge in [-0.3, -0.25) is 4.99 Å². The van der Waals surface area contributed by atoms with E-state index in [1.807, 2.05) is 34.6 Å². The third-order valence-corrected chi connectivity index (χ3v) is 2.30. The molecule has 0 atom stereocenters. The molecular weight excluding hydrogens is 300 g/mol. The third kappa shape index (κ3) is 5.42. The number of rotatable bonds is 4. The second-order valence-electron chi connectivity index (χ2n) is 3.55. The number of hydrogen-bond acceptors (Lipinski definition) is 2. The molecule has 13 heavy (non-hydrogen) atoms. The van der Waals surface area contributed by atoms with Crippen LogP contribution in [0.25, 0.3) is 0 Å². The molecule has 0 saturated carbocycles. The van der Waals surface area contributed by atoms with Crippen molar-refractivity contribution in [2.45, 2.75) is 59.1 Å². The van der Waals surface area contributed by atoms with E-state index >= 15 is 0 Å². The maximum atomic E-state index is 10.0. The quantitative estimate of drug-likeness (QED) is 0.793. The van der Waals surface area contributed by atoms with Crippen molar-refractivity contribution in [3.63, 3.8) is 0 Å². The Morgan fingerprint density at radius 2 is 1.69 bits per heavy atom. The molecule has 0 bridgehead atoms. The van der Waals surface area contributed by atoms with E-state index in [0.717, 1.165) is 18.6 Å². The van der Waals surface area contributed by atoms with Crippen molar-refractivity contribution in [3.05, 3.63) is 0 Å². The molecule has 0 aromatic heterocycles. The Morgan fingerprint density at radius 3 is 1.92 bits per heavy atom. The molecule has 3 heteroatoms. The van der Waals surface area contributed by atoms with Crippen molar-refractivity contribution >= 4 is 5.71 Å². The largest absolute Gasteiger partial charge is 0.384 e. The first-order valence-electron chi connectivity index (χ1n) is 4.73. The second-order valence-corrected chi connectivity index (χ2v) is 3.55. The summed E-state index contributed by atoms with van der Waals surface area (Å²) >= 11 is 0. The molecule has 0 aromatic rings. The van der Waals surface area contributed by atoms with Crippen molar-refractivity contribution in [2.75, 3.05) is 0 Å². The van der Waals surface area contributed by atoms with Crippen LogP contribution in [-0.4, -0.2) is 22.5 Å². The minimum absolute atomic E-state index is 0. The second kappa shape index (κ2) is 7.28. The Morgan fingerprint density at radius 1 is 1.31 bits per heavy atom. The van der Waals surface area contributed by atoms with E-state index in [1.54, 1.807) is 0 Å². The van der Waals surface area contributed by atoms with E-state index in [4.69, 9.17) is 0 Å². The predicted octanol–water partition coefficient (Wildman–Crippen LogP) is 2.41. The van der Waals surface area contributed by atoms with Gasteiger partial charge in [-0.25, -0.2) is 0 Å². The van der Waals surface area contributed by atoms with Crippen molar-refractivity contribution in [2.24, 2.45) is 4.99 Å². The molecule has 0 spiro atoms. The smallest absolute Gasteiger partial charge is 0.101 e. The van der Waals surface area contributed by atoms with Gasteiger partial charge in [0.2, 0.25) is 0 Å². The topological polar surface area (TPSA) is 32.6 Å². The van der Waals surface area contributed by atoms with Crippen LogP contribution in [0, 0.1) is 40.4 Å². The van der Waals surface area contributed by atoms with Crippen LogP contribution in [0.2, 0.25) is 0 Å². The zero-order valence-corrected chi connectivity index (χ0v) is 11.9. The molecule has 2 nitrogen and oxygen atoms in total. The number of nitrogens with zero attached hydrogens (tertiary/aromatic N) is 1. The Bertz CT molecular complexity index is 162. The number of hydrogen-bond donors (Lipinski definition) is 1. The Hall–Kier alpha value is 0.968. The minimum atomic E-state index is -0.676. The molecule has 78 valence electrons. The van der Waals surface area contributed by atoms with Gasteiger partial charge in [0.05, 0.1) is 0 Å². The van der Waals surface area contributed by atoms with Gasteiger partial charge < -0.3 is 5.11 Å². The van der Waals surface area contributed by atoms with Gasteiger partial charge in [0, 0.05) is 52.1 Å². The third-order valence-electron chi connectivity index (χ3n) is 2.30. The average Bonchev–Trinajstić information content (AvgIpc) is 2.02. The van der Waals surface area contributed by atoms with Crippen LogP contribution in [-0.2, 0) is 0 Å². The Kier molecular flexibility index (Phi) is 9.19.